The van der Waals surface area contributed by atoms with Crippen LogP contribution in [0.1, 0.15) is 18.6 Å². The molecular weight excluding hydrogens is 362 g/mol. The van der Waals surface area contributed by atoms with Gasteiger partial charge in [0.15, 0.2) is 5.16 Å². The van der Waals surface area contributed by atoms with Crippen molar-refractivity contribution in [1.82, 2.24) is 19.7 Å². The third kappa shape index (κ3) is 4.82. The zero-order valence-electron chi connectivity index (χ0n) is 15.4. The third-order valence-corrected chi connectivity index (χ3v) is 5.31. The number of furan rings is 1. The summed E-state index contributed by atoms with van der Waals surface area (Å²) in [5, 5.41) is 9.46. The Morgan fingerprint density at radius 3 is 2.63 bits per heavy atom. The van der Waals surface area contributed by atoms with Gasteiger partial charge in [-0.1, -0.05) is 23.9 Å². The predicted octanol–water partition coefficient (Wildman–Crippen LogP) is 2.81. The molecule has 27 heavy (non-hydrogen) atoms. The number of aromatic nitrogens is 3. The second-order valence-electron chi connectivity index (χ2n) is 6.31. The monoisotopic (exact) mass is 387 g/mol. The average Bonchev–Trinajstić information content (AvgIpc) is 3.42. The van der Waals surface area contributed by atoms with Crippen molar-refractivity contribution < 1.29 is 9.21 Å². The number of nitrogens with zero attached hydrogens (tertiary/aromatic N) is 5. The van der Waals surface area contributed by atoms with E-state index in [0.717, 1.165) is 42.8 Å². The van der Waals surface area contributed by atoms with Crippen LogP contribution >= 0.6 is 11.8 Å². The number of rotatable bonds is 10. The average molecular weight is 388 g/mol. The van der Waals surface area contributed by atoms with Crippen LogP contribution in [0, 0.1) is 0 Å². The van der Waals surface area contributed by atoms with Crippen molar-refractivity contribution in [2.45, 2.75) is 24.5 Å². The van der Waals surface area contributed by atoms with Gasteiger partial charge in [-0.25, -0.2) is 0 Å². The fraction of sp³-hybridized carbons (Fsp3) is 0.421. The maximum atomic E-state index is 12.5. The maximum absolute atomic E-state index is 12.5. The van der Waals surface area contributed by atoms with E-state index in [2.05, 4.69) is 28.3 Å². The molecule has 0 spiro atoms. The molecule has 3 rings (SSSR count). The molecule has 1 amide bonds. The van der Waals surface area contributed by atoms with Crippen LogP contribution in [-0.2, 0) is 11.3 Å². The zero-order chi connectivity index (χ0) is 19.1. The molecule has 1 aliphatic rings. The SMILES string of the molecule is C=CCN(CC=C)C(=O)CSc1nnc(N2CCCC2)n1Cc1ccco1. The molecule has 8 heteroatoms. The van der Waals surface area contributed by atoms with E-state index < -0.39 is 0 Å². The van der Waals surface area contributed by atoms with Crippen LogP contribution in [0.2, 0.25) is 0 Å². The Labute approximate surface area is 163 Å². The molecule has 0 N–H and O–H groups in total. The Balaban J connectivity index is 1.74. The van der Waals surface area contributed by atoms with E-state index in [0.29, 0.717) is 19.6 Å². The van der Waals surface area contributed by atoms with E-state index in [-0.39, 0.29) is 11.7 Å². The van der Waals surface area contributed by atoms with Crippen LogP contribution in [0.15, 0.2) is 53.3 Å². The Hall–Kier alpha value is -2.48. The summed E-state index contributed by atoms with van der Waals surface area (Å²) < 4.78 is 7.54. The van der Waals surface area contributed by atoms with E-state index >= 15 is 0 Å². The lowest BCUT2D eigenvalue weighted by atomic mass is 10.4. The number of anilines is 1. The molecule has 0 saturated carbocycles. The lowest BCUT2D eigenvalue weighted by Crippen LogP contribution is -2.32. The van der Waals surface area contributed by atoms with Gasteiger partial charge in [0.1, 0.15) is 5.76 Å². The predicted molar refractivity (Wildman–Crippen MR) is 107 cm³/mol. The van der Waals surface area contributed by atoms with E-state index in [1.807, 2.05) is 16.7 Å². The lowest BCUT2D eigenvalue weighted by Gasteiger charge is -2.19. The highest BCUT2D eigenvalue weighted by atomic mass is 32.2. The van der Waals surface area contributed by atoms with E-state index in [9.17, 15) is 4.79 Å². The first-order valence-electron chi connectivity index (χ1n) is 9.05. The number of hydrogen-bond donors (Lipinski definition) is 0. The fourth-order valence-corrected chi connectivity index (χ4v) is 3.88. The summed E-state index contributed by atoms with van der Waals surface area (Å²) in [6, 6.07) is 3.80. The molecule has 0 atom stereocenters. The van der Waals surface area contributed by atoms with Crippen molar-refractivity contribution in [2.75, 3.05) is 36.8 Å². The van der Waals surface area contributed by atoms with Crippen LogP contribution < -0.4 is 4.90 Å². The van der Waals surface area contributed by atoms with Gasteiger partial charge in [-0.05, 0) is 25.0 Å². The molecule has 1 aliphatic heterocycles. The van der Waals surface area contributed by atoms with Crippen molar-refractivity contribution in [3.63, 3.8) is 0 Å². The van der Waals surface area contributed by atoms with Gasteiger partial charge in [-0.15, -0.1) is 23.4 Å². The Bertz CT molecular complexity index is 755. The van der Waals surface area contributed by atoms with Crippen LogP contribution in [0.3, 0.4) is 0 Å². The highest BCUT2D eigenvalue weighted by Crippen LogP contribution is 2.26. The van der Waals surface area contributed by atoms with Crippen molar-refractivity contribution in [1.29, 1.82) is 0 Å². The maximum Gasteiger partial charge on any atom is 0.233 e. The second-order valence-corrected chi connectivity index (χ2v) is 7.25. The standard InChI is InChI=1S/C19H25N5O2S/c1-3-9-22(10-4-2)17(25)15-27-19-21-20-18(23-11-5-6-12-23)24(19)14-16-8-7-13-26-16/h3-4,7-8,13H,1-2,5-6,9-12,14-15H2. The number of carbonyl (C=O) groups excluding carboxylic acids is 1. The first-order valence-corrected chi connectivity index (χ1v) is 10.0. The van der Waals surface area contributed by atoms with E-state index in [4.69, 9.17) is 4.42 Å². The Kier molecular flexibility index (Phi) is 6.75. The fourth-order valence-electron chi connectivity index (χ4n) is 3.04. The zero-order valence-corrected chi connectivity index (χ0v) is 16.2. The van der Waals surface area contributed by atoms with E-state index in [1.165, 1.54) is 11.8 Å². The summed E-state index contributed by atoms with van der Waals surface area (Å²) in [5.74, 6) is 1.99. The van der Waals surface area contributed by atoms with Gasteiger partial charge in [0, 0.05) is 26.2 Å². The van der Waals surface area contributed by atoms with Gasteiger partial charge in [-0.3, -0.25) is 9.36 Å². The van der Waals surface area contributed by atoms with Crippen LogP contribution in [0.5, 0.6) is 0 Å². The first-order chi connectivity index (χ1) is 13.2. The number of carbonyl (C=O) groups is 1. The van der Waals surface area contributed by atoms with Crippen LogP contribution in [-0.4, -0.2) is 57.5 Å². The Morgan fingerprint density at radius 2 is 2.00 bits per heavy atom. The van der Waals surface area contributed by atoms with Crippen molar-refractivity contribution >= 4 is 23.6 Å². The summed E-state index contributed by atoms with van der Waals surface area (Å²) in [5.41, 5.74) is 0. The van der Waals surface area contributed by atoms with Crippen molar-refractivity contribution in [3.8, 4) is 0 Å². The van der Waals surface area contributed by atoms with Crippen LogP contribution in [0.4, 0.5) is 5.95 Å². The van der Waals surface area contributed by atoms with Gasteiger partial charge in [0.05, 0.1) is 18.6 Å². The van der Waals surface area contributed by atoms with Crippen LogP contribution in [0.25, 0.3) is 0 Å². The molecule has 1 saturated heterocycles. The summed E-state index contributed by atoms with van der Waals surface area (Å²) in [6.07, 6.45) is 7.42. The molecule has 0 unspecified atom stereocenters. The van der Waals surface area contributed by atoms with Gasteiger partial charge < -0.3 is 14.2 Å². The summed E-state index contributed by atoms with van der Waals surface area (Å²) in [6.45, 7) is 10.9. The highest BCUT2D eigenvalue weighted by Gasteiger charge is 2.23. The van der Waals surface area contributed by atoms with Gasteiger partial charge in [-0.2, -0.15) is 0 Å². The molecule has 1 fully saturated rings. The number of amides is 1. The molecule has 7 nitrogen and oxygen atoms in total. The molecule has 2 aromatic heterocycles. The lowest BCUT2D eigenvalue weighted by molar-refractivity contribution is -0.127. The summed E-state index contributed by atoms with van der Waals surface area (Å²) in [4.78, 5) is 16.5. The molecule has 0 aliphatic carbocycles. The summed E-state index contributed by atoms with van der Waals surface area (Å²) >= 11 is 1.40. The molecule has 0 radical (unpaired) electrons. The van der Waals surface area contributed by atoms with Crippen molar-refractivity contribution in [3.05, 3.63) is 49.5 Å². The second kappa shape index (κ2) is 9.45. The van der Waals surface area contributed by atoms with Crippen molar-refractivity contribution in [2.24, 2.45) is 0 Å². The molecule has 2 aromatic rings. The molecule has 144 valence electrons. The van der Waals surface area contributed by atoms with E-state index in [1.54, 1.807) is 23.3 Å². The third-order valence-electron chi connectivity index (χ3n) is 4.36. The van der Waals surface area contributed by atoms with Gasteiger partial charge in [0.2, 0.25) is 11.9 Å². The molecule has 0 aromatic carbocycles. The molecule has 3 heterocycles. The minimum Gasteiger partial charge on any atom is -0.467 e. The minimum atomic E-state index is 0.0232. The largest absolute Gasteiger partial charge is 0.467 e. The quantitative estimate of drug-likeness (QED) is 0.461. The molecule has 0 bridgehead atoms. The molecular formula is C19H25N5O2S. The van der Waals surface area contributed by atoms with Gasteiger partial charge >= 0.3 is 0 Å². The first kappa shape index (κ1) is 19.3. The topological polar surface area (TPSA) is 67.4 Å². The van der Waals surface area contributed by atoms with Gasteiger partial charge in [0.25, 0.3) is 0 Å². The summed E-state index contributed by atoms with van der Waals surface area (Å²) in [7, 11) is 0. The number of hydrogen-bond acceptors (Lipinski definition) is 6. The number of thioether (sulfide) groups is 1. The minimum absolute atomic E-state index is 0.0232. The Morgan fingerprint density at radius 1 is 1.26 bits per heavy atom. The normalized spacial score (nSPS) is 13.7. The highest BCUT2D eigenvalue weighted by molar-refractivity contribution is 7.99. The smallest absolute Gasteiger partial charge is 0.233 e.